The van der Waals surface area contributed by atoms with Crippen LogP contribution in [0.25, 0.3) is 0 Å². The summed E-state index contributed by atoms with van der Waals surface area (Å²) in [5.41, 5.74) is 1.10. The van der Waals surface area contributed by atoms with Gasteiger partial charge in [-0.25, -0.2) is 9.97 Å². The molecule has 3 nitrogen and oxygen atoms in total. The number of rotatable bonds is 7. The normalized spacial score (nSPS) is 11.6. The maximum atomic E-state index is 4.46. The summed E-state index contributed by atoms with van der Waals surface area (Å²) in [5, 5.41) is 3.48. The Morgan fingerprint density at radius 1 is 1.22 bits per heavy atom. The van der Waals surface area contributed by atoms with Crippen LogP contribution in [0.3, 0.4) is 0 Å². The van der Waals surface area contributed by atoms with E-state index in [4.69, 9.17) is 0 Å². The fourth-order valence-electron chi connectivity index (χ4n) is 2.01. The van der Waals surface area contributed by atoms with E-state index in [0.717, 1.165) is 30.3 Å². The summed E-state index contributed by atoms with van der Waals surface area (Å²) < 4.78 is 0.311. The van der Waals surface area contributed by atoms with Gasteiger partial charge in [-0.3, -0.25) is 0 Å². The fourth-order valence-corrected chi connectivity index (χ4v) is 2.81. The van der Waals surface area contributed by atoms with Crippen LogP contribution in [0.15, 0.2) is 6.07 Å². The second-order valence-electron chi connectivity index (χ2n) is 4.59. The Bertz CT molecular complexity index is 367. The standard InChI is InChI=1S/C14H25N3S/c1-6-12-9-13(17-11(4)16-12)15-10-14(7-2,8-3)18-5/h9H,6-8,10H2,1-5H3,(H,15,16,17). The van der Waals surface area contributed by atoms with Gasteiger partial charge in [-0.1, -0.05) is 20.8 Å². The van der Waals surface area contributed by atoms with Crippen molar-refractivity contribution in [2.75, 3.05) is 18.1 Å². The highest BCUT2D eigenvalue weighted by molar-refractivity contribution is 8.00. The third kappa shape index (κ3) is 3.87. The minimum Gasteiger partial charge on any atom is -0.369 e. The minimum absolute atomic E-state index is 0.311. The van der Waals surface area contributed by atoms with Crippen molar-refractivity contribution >= 4 is 17.6 Å². The zero-order chi connectivity index (χ0) is 13.6. The number of aromatic nitrogens is 2. The molecule has 0 saturated carbocycles. The van der Waals surface area contributed by atoms with Crippen LogP contribution in [0.4, 0.5) is 5.82 Å². The van der Waals surface area contributed by atoms with E-state index in [0.29, 0.717) is 4.75 Å². The lowest BCUT2D eigenvalue weighted by Crippen LogP contribution is -2.32. The second kappa shape index (κ2) is 6.98. The van der Waals surface area contributed by atoms with Gasteiger partial charge in [-0.05, 0) is 32.4 Å². The van der Waals surface area contributed by atoms with Gasteiger partial charge in [0.25, 0.3) is 0 Å². The van der Waals surface area contributed by atoms with Crippen molar-refractivity contribution in [2.45, 2.75) is 51.7 Å². The van der Waals surface area contributed by atoms with Gasteiger partial charge in [0.15, 0.2) is 0 Å². The molecule has 0 aliphatic heterocycles. The Hall–Kier alpha value is -0.770. The van der Waals surface area contributed by atoms with Crippen molar-refractivity contribution in [3.8, 4) is 0 Å². The molecule has 0 saturated heterocycles. The van der Waals surface area contributed by atoms with Crippen molar-refractivity contribution in [3.63, 3.8) is 0 Å². The molecule has 0 aromatic carbocycles. The summed E-state index contributed by atoms with van der Waals surface area (Å²) in [6.45, 7) is 9.54. The number of anilines is 1. The molecule has 1 N–H and O–H groups in total. The lowest BCUT2D eigenvalue weighted by molar-refractivity contribution is 0.573. The summed E-state index contributed by atoms with van der Waals surface area (Å²) in [6, 6.07) is 2.06. The molecule has 0 bridgehead atoms. The largest absolute Gasteiger partial charge is 0.369 e. The molecule has 0 aliphatic carbocycles. The van der Waals surface area contributed by atoms with Crippen LogP contribution in [0.2, 0.25) is 0 Å². The Morgan fingerprint density at radius 3 is 2.39 bits per heavy atom. The summed E-state index contributed by atoms with van der Waals surface area (Å²) in [5.74, 6) is 1.80. The first-order valence-corrected chi connectivity index (χ1v) is 7.95. The van der Waals surface area contributed by atoms with Crippen molar-refractivity contribution < 1.29 is 0 Å². The van der Waals surface area contributed by atoms with E-state index >= 15 is 0 Å². The number of hydrogen-bond acceptors (Lipinski definition) is 4. The molecule has 1 rings (SSSR count). The molecular weight excluding hydrogens is 242 g/mol. The third-order valence-electron chi connectivity index (χ3n) is 3.57. The molecule has 0 unspecified atom stereocenters. The van der Waals surface area contributed by atoms with E-state index in [9.17, 15) is 0 Å². The fraction of sp³-hybridized carbons (Fsp3) is 0.714. The molecule has 102 valence electrons. The third-order valence-corrected chi connectivity index (χ3v) is 5.15. The van der Waals surface area contributed by atoms with Crippen LogP contribution in [-0.2, 0) is 6.42 Å². The molecule has 0 aliphatic rings. The summed E-state index contributed by atoms with van der Waals surface area (Å²) in [4.78, 5) is 8.86. The van der Waals surface area contributed by atoms with Gasteiger partial charge in [0.1, 0.15) is 11.6 Å². The SMILES string of the molecule is CCc1cc(NCC(CC)(CC)SC)nc(C)n1. The molecule has 1 heterocycles. The van der Waals surface area contributed by atoms with Gasteiger partial charge in [0.2, 0.25) is 0 Å². The van der Waals surface area contributed by atoms with E-state index in [2.05, 4.69) is 48.4 Å². The van der Waals surface area contributed by atoms with Crippen LogP contribution < -0.4 is 5.32 Å². The lowest BCUT2D eigenvalue weighted by Gasteiger charge is -2.30. The smallest absolute Gasteiger partial charge is 0.129 e. The highest BCUT2D eigenvalue weighted by atomic mass is 32.2. The average Bonchev–Trinajstić information content (AvgIpc) is 2.40. The lowest BCUT2D eigenvalue weighted by atomic mass is 10.0. The van der Waals surface area contributed by atoms with Gasteiger partial charge in [-0.2, -0.15) is 11.8 Å². The van der Waals surface area contributed by atoms with E-state index in [1.807, 2.05) is 18.7 Å². The van der Waals surface area contributed by atoms with Crippen molar-refractivity contribution in [1.82, 2.24) is 9.97 Å². The molecule has 0 radical (unpaired) electrons. The zero-order valence-electron chi connectivity index (χ0n) is 12.2. The molecule has 0 spiro atoms. The van der Waals surface area contributed by atoms with E-state index in [1.165, 1.54) is 12.8 Å². The first-order valence-electron chi connectivity index (χ1n) is 6.72. The molecule has 0 atom stereocenters. The number of nitrogens with one attached hydrogen (secondary N) is 1. The Kier molecular flexibility index (Phi) is 5.93. The molecule has 1 aromatic rings. The van der Waals surface area contributed by atoms with E-state index in [1.54, 1.807) is 0 Å². The van der Waals surface area contributed by atoms with Crippen LogP contribution in [0, 0.1) is 6.92 Å². The molecule has 4 heteroatoms. The van der Waals surface area contributed by atoms with Crippen molar-refractivity contribution in [1.29, 1.82) is 0 Å². The van der Waals surface area contributed by atoms with Crippen LogP contribution in [-0.4, -0.2) is 27.5 Å². The van der Waals surface area contributed by atoms with E-state index in [-0.39, 0.29) is 0 Å². The average molecular weight is 267 g/mol. The van der Waals surface area contributed by atoms with Gasteiger partial charge < -0.3 is 5.32 Å². The van der Waals surface area contributed by atoms with Crippen LogP contribution in [0.1, 0.15) is 45.1 Å². The highest BCUT2D eigenvalue weighted by Crippen LogP contribution is 2.30. The van der Waals surface area contributed by atoms with Crippen LogP contribution >= 0.6 is 11.8 Å². The number of nitrogens with zero attached hydrogens (tertiary/aromatic N) is 2. The number of hydrogen-bond donors (Lipinski definition) is 1. The van der Waals surface area contributed by atoms with Crippen LogP contribution in [0.5, 0.6) is 0 Å². The predicted octanol–water partition coefficient (Wildman–Crippen LogP) is 3.68. The topological polar surface area (TPSA) is 37.8 Å². The summed E-state index contributed by atoms with van der Waals surface area (Å²) in [7, 11) is 0. The maximum absolute atomic E-state index is 4.46. The van der Waals surface area contributed by atoms with Gasteiger partial charge in [0, 0.05) is 23.1 Å². The van der Waals surface area contributed by atoms with E-state index < -0.39 is 0 Å². The quantitative estimate of drug-likeness (QED) is 0.818. The first-order chi connectivity index (χ1) is 8.59. The number of aryl methyl sites for hydroxylation is 2. The first kappa shape index (κ1) is 15.3. The summed E-state index contributed by atoms with van der Waals surface area (Å²) in [6.07, 6.45) is 5.48. The molecular formula is C14H25N3S. The molecule has 0 fully saturated rings. The molecule has 18 heavy (non-hydrogen) atoms. The monoisotopic (exact) mass is 267 g/mol. The van der Waals surface area contributed by atoms with Gasteiger partial charge >= 0.3 is 0 Å². The Balaban J connectivity index is 2.76. The highest BCUT2D eigenvalue weighted by Gasteiger charge is 2.24. The minimum atomic E-state index is 0.311. The second-order valence-corrected chi connectivity index (χ2v) is 5.87. The summed E-state index contributed by atoms with van der Waals surface area (Å²) >= 11 is 1.94. The Morgan fingerprint density at radius 2 is 1.89 bits per heavy atom. The number of thioether (sulfide) groups is 1. The van der Waals surface area contributed by atoms with Gasteiger partial charge in [-0.15, -0.1) is 0 Å². The zero-order valence-corrected chi connectivity index (χ0v) is 13.0. The predicted molar refractivity (Wildman–Crippen MR) is 81.5 cm³/mol. The van der Waals surface area contributed by atoms with Crippen molar-refractivity contribution in [2.24, 2.45) is 0 Å². The van der Waals surface area contributed by atoms with Gasteiger partial charge in [0.05, 0.1) is 0 Å². The maximum Gasteiger partial charge on any atom is 0.129 e. The molecule has 1 aromatic heterocycles. The van der Waals surface area contributed by atoms with Crippen molar-refractivity contribution in [3.05, 3.63) is 17.6 Å². The Labute approximate surface area is 115 Å². The molecule has 0 amide bonds.